The molecule has 4 unspecified atom stereocenters. The summed E-state index contributed by atoms with van der Waals surface area (Å²) in [6, 6.07) is 1.33. The van der Waals surface area contributed by atoms with Gasteiger partial charge in [0.25, 0.3) is 0 Å². The zero-order valence-electron chi connectivity index (χ0n) is 10.9. The van der Waals surface area contributed by atoms with Crippen LogP contribution >= 0.6 is 0 Å². The molecular weight excluding hydrogens is 198 g/mol. The van der Waals surface area contributed by atoms with E-state index in [0.29, 0.717) is 12.1 Å². The van der Waals surface area contributed by atoms with Crippen molar-refractivity contribution in [1.82, 2.24) is 5.32 Å². The molecule has 94 valence electrons. The van der Waals surface area contributed by atoms with Crippen LogP contribution in [0.15, 0.2) is 0 Å². The summed E-state index contributed by atoms with van der Waals surface area (Å²) in [4.78, 5) is 0. The lowest BCUT2D eigenvalue weighted by Gasteiger charge is -2.31. The van der Waals surface area contributed by atoms with Gasteiger partial charge in [0.05, 0.1) is 12.7 Å². The van der Waals surface area contributed by atoms with Gasteiger partial charge in [-0.1, -0.05) is 33.1 Å². The molecule has 4 atom stereocenters. The van der Waals surface area contributed by atoms with Crippen molar-refractivity contribution >= 4 is 0 Å². The third kappa shape index (κ3) is 2.78. The smallest absolute Gasteiger partial charge is 0.0728 e. The number of fused-ring (bicyclic) bond motifs is 1. The molecule has 0 bridgehead atoms. The van der Waals surface area contributed by atoms with Crippen molar-refractivity contribution in [3.05, 3.63) is 0 Å². The molecule has 1 aliphatic heterocycles. The minimum absolute atomic E-state index is 0.459. The highest BCUT2D eigenvalue weighted by Gasteiger charge is 2.33. The standard InChI is InChI=1S/C14H27NO/c1-3-7-14-12(4-2)15-13-9-6-5-8-11(13)10-16-14/h11-15H,3-10H2,1-2H3. The van der Waals surface area contributed by atoms with Crippen molar-refractivity contribution in [2.24, 2.45) is 5.92 Å². The molecule has 2 heteroatoms. The second kappa shape index (κ2) is 6.02. The minimum atomic E-state index is 0.459. The normalized spacial score (nSPS) is 40.1. The monoisotopic (exact) mass is 225 g/mol. The molecule has 1 saturated heterocycles. The van der Waals surface area contributed by atoms with Gasteiger partial charge in [0, 0.05) is 12.1 Å². The molecule has 1 heterocycles. The summed E-state index contributed by atoms with van der Waals surface area (Å²) in [7, 11) is 0. The minimum Gasteiger partial charge on any atom is -0.376 e. The van der Waals surface area contributed by atoms with Crippen LogP contribution in [0.3, 0.4) is 0 Å². The number of ether oxygens (including phenoxy) is 1. The fourth-order valence-electron chi connectivity index (χ4n) is 3.32. The summed E-state index contributed by atoms with van der Waals surface area (Å²) in [6.45, 7) is 5.54. The van der Waals surface area contributed by atoms with Crippen molar-refractivity contribution in [1.29, 1.82) is 0 Å². The van der Waals surface area contributed by atoms with Gasteiger partial charge in [-0.05, 0) is 31.6 Å². The van der Waals surface area contributed by atoms with Gasteiger partial charge in [-0.3, -0.25) is 0 Å². The van der Waals surface area contributed by atoms with E-state index in [1.807, 2.05) is 0 Å². The zero-order chi connectivity index (χ0) is 11.4. The van der Waals surface area contributed by atoms with Crippen molar-refractivity contribution < 1.29 is 4.74 Å². The van der Waals surface area contributed by atoms with Gasteiger partial charge in [0.1, 0.15) is 0 Å². The van der Waals surface area contributed by atoms with Gasteiger partial charge in [-0.2, -0.15) is 0 Å². The summed E-state index contributed by atoms with van der Waals surface area (Å²) < 4.78 is 6.15. The molecule has 0 aromatic heterocycles. The van der Waals surface area contributed by atoms with E-state index in [4.69, 9.17) is 4.74 Å². The number of hydrogen-bond donors (Lipinski definition) is 1. The molecule has 0 aromatic carbocycles. The first kappa shape index (κ1) is 12.4. The Hall–Kier alpha value is -0.0800. The average molecular weight is 225 g/mol. The van der Waals surface area contributed by atoms with Crippen LogP contribution in [0.2, 0.25) is 0 Å². The molecule has 1 aliphatic carbocycles. The maximum atomic E-state index is 6.15. The van der Waals surface area contributed by atoms with E-state index < -0.39 is 0 Å². The SMILES string of the molecule is CCCC1OCC2CCCCC2NC1CC. The quantitative estimate of drug-likeness (QED) is 0.797. The van der Waals surface area contributed by atoms with E-state index in [0.717, 1.165) is 18.6 Å². The van der Waals surface area contributed by atoms with E-state index >= 15 is 0 Å². The van der Waals surface area contributed by atoms with Crippen molar-refractivity contribution in [2.45, 2.75) is 77.0 Å². The molecule has 2 aliphatic rings. The number of hydrogen-bond acceptors (Lipinski definition) is 2. The third-order valence-electron chi connectivity index (χ3n) is 4.32. The predicted octanol–water partition coefficient (Wildman–Crippen LogP) is 3.11. The largest absolute Gasteiger partial charge is 0.376 e. The van der Waals surface area contributed by atoms with Gasteiger partial charge < -0.3 is 10.1 Å². The number of nitrogens with one attached hydrogen (secondary N) is 1. The van der Waals surface area contributed by atoms with Crippen LogP contribution in [0, 0.1) is 5.92 Å². The molecule has 2 nitrogen and oxygen atoms in total. The molecule has 1 saturated carbocycles. The van der Waals surface area contributed by atoms with E-state index in [2.05, 4.69) is 19.2 Å². The second-order valence-corrected chi connectivity index (χ2v) is 5.49. The molecule has 2 rings (SSSR count). The van der Waals surface area contributed by atoms with Crippen LogP contribution in [0.1, 0.15) is 58.8 Å². The topological polar surface area (TPSA) is 21.3 Å². The Balaban J connectivity index is 1.99. The molecule has 16 heavy (non-hydrogen) atoms. The fourth-order valence-corrected chi connectivity index (χ4v) is 3.32. The predicted molar refractivity (Wildman–Crippen MR) is 67.6 cm³/mol. The van der Waals surface area contributed by atoms with Crippen LogP contribution in [-0.2, 0) is 4.74 Å². The molecule has 0 aromatic rings. The van der Waals surface area contributed by atoms with Crippen LogP contribution in [0.25, 0.3) is 0 Å². The Morgan fingerprint density at radius 3 is 2.75 bits per heavy atom. The first-order chi connectivity index (χ1) is 7.85. The lowest BCUT2D eigenvalue weighted by atomic mass is 9.85. The van der Waals surface area contributed by atoms with E-state index in [9.17, 15) is 0 Å². The molecular formula is C14H27NO. The van der Waals surface area contributed by atoms with Crippen LogP contribution in [0.5, 0.6) is 0 Å². The Labute approximate surface area is 100 Å². The van der Waals surface area contributed by atoms with Gasteiger partial charge >= 0.3 is 0 Å². The highest BCUT2D eigenvalue weighted by molar-refractivity contribution is 4.89. The summed E-state index contributed by atoms with van der Waals surface area (Å²) >= 11 is 0. The summed E-state index contributed by atoms with van der Waals surface area (Å²) in [5, 5.41) is 3.88. The first-order valence-electron chi connectivity index (χ1n) is 7.22. The lowest BCUT2D eigenvalue weighted by molar-refractivity contribution is 0.0186. The molecule has 0 spiro atoms. The van der Waals surface area contributed by atoms with Crippen LogP contribution in [0.4, 0.5) is 0 Å². The van der Waals surface area contributed by atoms with Gasteiger partial charge in [-0.25, -0.2) is 0 Å². The summed E-state index contributed by atoms with van der Waals surface area (Å²) in [6.07, 6.45) is 9.65. The zero-order valence-corrected chi connectivity index (χ0v) is 10.9. The maximum absolute atomic E-state index is 6.15. The molecule has 0 radical (unpaired) electrons. The van der Waals surface area contributed by atoms with E-state index in [1.54, 1.807) is 0 Å². The fraction of sp³-hybridized carbons (Fsp3) is 1.00. The van der Waals surface area contributed by atoms with Crippen molar-refractivity contribution in [3.8, 4) is 0 Å². The van der Waals surface area contributed by atoms with Crippen LogP contribution in [-0.4, -0.2) is 24.8 Å². The van der Waals surface area contributed by atoms with Gasteiger partial charge in [-0.15, -0.1) is 0 Å². The number of rotatable bonds is 3. The second-order valence-electron chi connectivity index (χ2n) is 5.49. The molecule has 1 N–H and O–H groups in total. The highest BCUT2D eigenvalue weighted by Crippen LogP contribution is 2.29. The highest BCUT2D eigenvalue weighted by atomic mass is 16.5. The summed E-state index contributed by atoms with van der Waals surface area (Å²) in [5.41, 5.74) is 0. The van der Waals surface area contributed by atoms with Gasteiger partial charge in [0.2, 0.25) is 0 Å². The Kier molecular flexibility index (Phi) is 4.66. The maximum Gasteiger partial charge on any atom is 0.0728 e. The average Bonchev–Trinajstić information content (AvgIpc) is 2.49. The first-order valence-corrected chi connectivity index (χ1v) is 7.22. The van der Waals surface area contributed by atoms with Crippen molar-refractivity contribution in [2.75, 3.05) is 6.61 Å². The summed E-state index contributed by atoms with van der Waals surface area (Å²) in [5.74, 6) is 0.782. The molecule has 0 amide bonds. The van der Waals surface area contributed by atoms with Gasteiger partial charge in [0.15, 0.2) is 0 Å². The van der Waals surface area contributed by atoms with Crippen LogP contribution < -0.4 is 5.32 Å². The Bertz CT molecular complexity index is 207. The van der Waals surface area contributed by atoms with E-state index in [1.165, 1.54) is 44.9 Å². The third-order valence-corrected chi connectivity index (χ3v) is 4.32. The van der Waals surface area contributed by atoms with Crippen molar-refractivity contribution in [3.63, 3.8) is 0 Å². The lowest BCUT2D eigenvalue weighted by Crippen LogP contribution is -2.46. The Morgan fingerprint density at radius 2 is 2.00 bits per heavy atom. The van der Waals surface area contributed by atoms with E-state index in [-0.39, 0.29) is 0 Å². The Morgan fingerprint density at radius 1 is 1.19 bits per heavy atom. The molecule has 2 fully saturated rings.